The Morgan fingerprint density at radius 1 is 1.06 bits per heavy atom. The molecule has 180 valence electrons. The SMILES string of the molecule is C#CCCc1nc(C(CCC)(OC)OC)nn1Cc1ccc(-c2ccccc2-c2nnn[nH]2)cc1. The van der Waals surface area contributed by atoms with Gasteiger partial charge in [-0.2, -0.15) is 0 Å². The van der Waals surface area contributed by atoms with E-state index < -0.39 is 5.79 Å². The molecule has 0 spiro atoms. The second kappa shape index (κ2) is 11.0. The van der Waals surface area contributed by atoms with E-state index in [9.17, 15) is 0 Å². The van der Waals surface area contributed by atoms with Crippen molar-refractivity contribution in [3.8, 4) is 34.9 Å². The van der Waals surface area contributed by atoms with Gasteiger partial charge in [0.25, 0.3) is 0 Å². The first kappa shape index (κ1) is 24.3. The number of nitrogens with one attached hydrogen (secondary N) is 1. The number of ether oxygens (including phenoxy) is 2. The monoisotopic (exact) mass is 471 g/mol. The van der Waals surface area contributed by atoms with Crippen LogP contribution in [0.2, 0.25) is 0 Å². The number of rotatable bonds is 11. The number of tetrazole rings is 1. The van der Waals surface area contributed by atoms with Crippen LogP contribution in [0, 0.1) is 12.3 Å². The highest BCUT2D eigenvalue weighted by Crippen LogP contribution is 2.31. The van der Waals surface area contributed by atoms with E-state index in [-0.39, 0.29) is 0 Å². The molecule has 35 heavy (non-hydrogen) atoms. The molecule has 1 N–H and O–H groups in total. The molecule has 0 amide bonds. The number of benzene rings is 2. The average molecular weight is 472 g/mol. The van der Waals surface area contributed by atoms with Gasteiger partial charge in [0, 0.05) is 39.0 Å². The Balaban J connectivity index is 1.63. The van der Waals surface area contributed by atoms with Crippen molar-refractivity contribution in [2.75, 3.05) is 14.2 Å². The van der Waals surface area contributed by atoms with Gasteiger partial charge in [-0.1, -0.05) is 61.9 Å². The van der Waals surface area contributed by atoms with Crippen LogP contribution in [0.25, 0.3) is 22.5 Å². The van der Waals surface area contributed by atoms with Crippen LogP contribution in [0.4, 0.5) is 0 Å². The molecule has 0 saturated heterocycles. The van der Waals surface area contributed by atoms with Gasteiger partial charge in [-0.05, 0) is 27.1 Å². The minimum absolute atomic E-state index is 0.516. The Morgan fingerprint density at radius 2 is 1.80 bits per heavy atom. The molecule has 0 aliphatic heterocycles. The molecule has 0 radical (unpaired) electrons. The number of methoxy groups -OCH3 is 2. The van der Waals surface area contributed by atoms with Crippen LogP contribution in [-0.4, -0.2) is 49.6 Å². The molecule has 2 heterocycles. The van der Waals surface area contributed by atoms with Crippen molar-refractivity contribution in [2.24, 2.45) is 0 Å². The highest BCUT2D eigenvalue weighted by molar-refractivity contribution is 5.80. The van der Waals surface area contributed by atoms with Gasteiger partial charge in [-0.25, -0.2) is 14.8 Å². The van der Waals surface area contributed by atoms with E-state index in [2.05, 4.69) is 63.8 Å². The fraction of sp³-hybridized carbons (Fsp3) is 0.346. The van der Waals surface area contributed by atoms with Gasteiger partial charge in [0.15, 0.2) is 5.82 Å². The lowest BCUT2D eigenvalue weighted by molar-refractivity contribution is -0.225. The van der Waals surface area contributed by atoms with Crippen LogP contribution >= 0.6 is 0 Å². The number of aromatic amines is 1. The normalized spacial score (nSPS) is 11.5. The van der Waals surface area contributed by atoms with E-state index in [0.29, 0.717) is 37.5 Å². The molecule has 2 aromatic heterocycles. The van der Waals surface area contributed by atoms with Crippen molar-refractivity contribution in [1.82, 2.24) is 35.4 Å². The van der Waals surface area contributed by atoms with Gasteiger partial charge in [0.05, 0.1) is 6.54 Å². The Labute approximate surface area is 204 Å². The van der Waals surface area contributed by atoms with Crippen LogP contribution < -0.4 is 0 Å². The third-order valence-electron chi connectivity index (χ3n) is 5.95. The highest BCUT2D eigenvalue weighted by atomic mass is 16.7. The number of hydrogen-bond acceptors (Lipinski definition) is 7. The third-order valence-corrected chi connectivity index (χ3v) is 5.95. The summed E-state index contributed by atoms with van der Waals surface area (Å²) in [6.45, 7) is 2.62. The number of aromatic nitrogens is 7. The van der Waals surface area contributed by atoms with E-state index in [1.54, 1.807) is 14.2 Å². The first-order chi connectivity index (χ1) is 17.1. The molecule has 0 aliphatic carbocycles. The molecule has 0 fully saturated rings. The number of aryl methyl sites for hydroxylation is 1. The zero-order valence-corrected chi connectivity index (χ0v) is 20.2. The van der Waals surface area contributed by atoms with E-state index in [0.717, 1.165) is 34.5 Å². The van der Waals surface area contributed by atoms with Gasteiger partial charge < -0.3 is 9.47 Å². The van der Waals surface area contributed by atoms with Crippen LogP contribution in [0.3, 0.4) is 0 Å². The van der Waals surface area contributed by atoms with Crippen molar-refractivity contribution >= 4 is 0 Å². The predicted octanol–water partition coefficient (Wildman–Crippen LogP) is 3.99. The fourth-order valence-electron chi connectivity index (χ4n) is 4.12. The molecular weight excluding hydrogens is 442 g/mol. The quantitative estimate of drug-likeness (QED) is 0.261. The maximum absolute atomic E-state index is 5.73. The third kappa shape index (κ3) is 5.14. The second-order valence-electron chi connectivity index (χ2n) is 8.12. The Morgan fingerprint density at radius 3 is 2.43 bits per heavy atom. The molecule has 2 aromatic carbocycles. The smallest absolute Gasteiger partial charge is 0.231 e. The lowest BCUT2D eigenvalue weighted by atomic mass is 9.98. The van der Waals surface area contributed by atoms with Gasteiger partial charge in [-0.15, -0.1) is 22.5 Å². The molecule has 0 aliphatic rings. The molecule has 0 unspecified atom stereocenters. The van der Waals surface area contributed by atoms with Crippen LogP contribution in [0.5, 0.6) is 0 Å². The van der Waals surface area contributed by atoms with Crippen molar-refractivity contribution in [2.45, 2.75) is 44.9 Å². The Kier molecular flexibility index (Phi) is 7.65. The fourth-order valence-corrected chi connectivity index (χ4v) is 4.12. The summed E-state index contributed by atoms with van der Waals surface area (Å²) in [6, 6.07) is 16.4. The molecule has 0 bridgehead atoms. The van der Waals surface area contributed by atoms with E-state index in [1.165, 1.54) is 0 Å². The summed E-state index contributed by atoms with van der Waals surface area (Å²) >= 11 is 0. The lowest BCUT2D eigenvalue weighted by Gasteiger charge is -2.27. The first-order valence-corrected chi connectivity index (χ1v) is 11.5. The Bertz CT molecular complexity index is 1270. The largest absolute Gasteiger partial charge is 0.347 e. The van der Waals surface area contributed by atoms with E-state index in [4.69, 9.17) is 26.0 Å². The average Bonchev–Trinajstić information content (AvgIpc) is 3.57. The number of hydrogen-bond donors (Lipinski definition) is 1. The maximum Gasteiger partial charge on any atom is 0.231 e. The van der Waals surface area contributed by atoms with Crippen molar-refractivity contribution in [1.29, 1.82) is 0 Å². The molecule has 0 atom stereocenters. The highest BCUT2D eigenvalue weighted by Gasteiger charge is 2.36. The van der Waals surface area contributed by atoms with Gasteiger partial charge in [0.1, 0.15) is 5.82 Å². The van der Waals surface area contributed by atoms with Crippen molar-refractivity contribution in [3.05, 3.63) is 65.7 Å². The molecule has 4 aromatic rings. The summed E-state index contributed by atoms with van der Waals surface area (Å²) in [7, 11) is 3.23. The minimum Gasteiger partial charge on any atom is -0.347 e. The standard InChI is InChI=1S/C26H29N7O2/c1-5-7-12-23-27-25(26(34-3,35-4)17-6-2)30-33(23)18-19-13-15-20(16-14-19)21-10-8-9-11-22(21)24-28-31-32-29-24/h1,8-11,13-16H,6-7,12,17-18H2,2-4H3,(H,28,29,31,32). The molecule has 9 nitrogen and oxygen atoms in total. The summed E-state index contributed by atoms with van der Waals surface area (Å²) in [4.78, 5) is 4.77. The first-order valence-electron chi connectivity index (χ1n) is 11.5. The summed E-state index contributed by atoms with van der Waals surface area (Å²) in [6.07, 6.45) is 8.23. The van der Waals surface area contributed by atoms with Gasteiger partial charge >= 0.3 is 0 Å². The second-order valence-corrected chi connectivity index (χ2v) is 8.12. The topological polar surface area (TPSA) is 104 Å². The maximum atomic E-state index is 5.73. The molecule has 0 saturated carbocycles. The van der Waals surface area contributed by atoms with Crippen LogP contribution in [0.15, 0.2) is 48.5 Å². The minimum atomic E-state index is -0.978. The zero-order valence-electron chi connectivity index (χ0n) is 20.2. The predicted molar refractivity (Wildman–Crippen MR) is 132 cm³/mol. The van der Waals surface area contributed by atoms with E-state index in [1.807, 2.05) is 22.9 Å². The number of terminal acetylenes is 1. The lowest BCUT2D eigenvalue weighted by Crippen LogP contribution is -2.32. The zero-order chi connectivity index (χ0) is 24.7. The van der Waals surface area contributed by atoms with Crippen LogP contribution in [0.1, 0.15) is 43.4 Å². The van der Waals surface area contributed by atoms with E-state index >= 15 is 0 Å². The van der Waals surface area contributed by atoms with Crippen molar-refractivity contribution in [3.63, 3.8) is 0 Å². The summed E-state index contributed by atoms with van der Waals surface area (Å²) in [5, 5.41) is 19.1. The summed E-state index contributed by atoms with van der Waals surface area (Å²) in [5.41, 5.74) is 4.13. The molecular formula is C26H29N7O2. The molecule has 4 rings (SSSR count). The molecule has 9 heteroatoms. The van der Waals surface area contributed by atoms with Crippen molar-refractivity contribution < 1.29 is 9.47 Å². The van der Waals surface area contributed by atoms with Gasteiger partial charge in [0.2, 0.25) is 11.6 Å². The Hall–Kier alpha value is -3.87. The van der Waals surface area contributed by atoms with Gasteiger partial charge in [-0.3, -0.25) is 0 Å². The summed E-state index contributed by atoms with van der Waals surface area (Å²) in [5.74, 6) is 3.66. The number of nitrogens with zero attached hydrogens (tertiary/aromatic N) is 6. The number of H-pyrrole nitrogens is 1. The van der Waals surface area contributed by atoms with Crippen LogP contribution in [-0.2, 0) is 28.2 Å². The summed E-state index contributed by atoms with van der Waals surface area (Å²) < 4.78 is 13.3.